The summed E-state index contributed by atoms with van der Waals surface area (Å²) in [5.74, 6) is 0. The molecular weight excluding hydrogens is 394 g/mol. The van der Waals surface area contributed by atoms with Crippen LogP contribution in [0, 0.1) is 6.92 Å². The molecule has 0 radical (unpaired) electrons. The number of ether oxygens (including phenoxy) is 1. The average Bonchev–Trinajstić information content (AvgIpc) is 2.69. The molecule has 1 N–H and O–H groups in total. The monoisotopic (exact) mass is 413 g/mol. The van der Waals surface area contributed by atoms with Crippen LogP contribution < -0.4 is 10.3 Å². The van der Waals surface area contributed by atoms with Crippen LogP contribution in [-0.4, -0.2) is 30.9 Å². The Labute approximate surface area is 167 Å². The van der Waals surface area contributed by atoms with Crippen molar-refractivity contribution < 1.29 is 17.9 Å². The number of amides is 1. The van der Waals surface area contributed by atoms with Crippen molar-refractivity contribution in [2.45, 2.75) is 18.7 Å². The molecule has 3 aromatic rings. The van der Waals surface area contributed by atoms with E-state index < -0.39 is 16.1 Å². The van der Waals surface area contributed by atoms with E-state index in [-0.39, 0.29) is 17.1 Å². The third-order valence-electron chi connectivity index (χ3n) is 4.03. The van der Waals surface area contributed by atoms with Crippen molar-refractivity contribution in [3.8, 4) is 16.9 Å². The summed E-state index contributed by atoms with van der Waals surface area (Å²) in [5.41, 5.74) is 2.59. The number of carbonyl (C=O) groups is 1. The summed E-state index contributed by atoms with van der Waals surface area (Å²) in [5, 5.41) is 4.37. The maximum atomic E-state index is 12.3. The molecule has 1 aromatic heterocycles. The predicted molar refractivity (Wildman–Crippen MR) is 107 cm³/mol. The van der Waals surface area contributed by atoms with E-state index in [9.17, 15) is 18.0 Å². The molecule has 3 rings (SSSR count). The highest BCUT2D eigenvalue weighted by Gasteiger charge is 2.18. The Morgan fingerprint density at radius 3 is 2.31 bits per heavy atom. The van der Waals surface area contributed by atoms with Gasteiger partial charge in [-0.1, -0.05) is 29.8 Å². The first kappa shape index (κ1) is 20.3. The number of aromatic nitrogens is 2. The zero-order valence-electron chi connectivity index (χ0n) is 15.8. The number of nitrogens with one attached hydrogen (secondary N) is 1. The highest BCUT2D eigenvalue weighted by atomic mass is 32.2. The van der Waals surface area contributed by atoms with Crippen molar-refractivity contribution in [2.75, 3.05) is 6.61 Å². The van der Waals surface area contributed by atoms with E-state index in [1.807, 2.05) is 31.2 Å². The van der Waals surface area contributed by atoms with E-state index in [0.29, 0.717) is 11.4 Å². The lowest BCUT2D eigenvalue weighted by Gasteiger charge is -2.09. The van der Waals surface area contributed by atoms with Crippen LogP contribution in [0.5, 0.6) is 0 Å². The van der Waals surface area contributed by atoms with E-state index in [0.717, 1.165) is 11.1 Å². The first-order chi connectivity index (χ1) is 13.8. The van der Waals surface area contributed by atoms with E-state index in [2.05, 4.69) is 9.84 Å². The summed E-state index contributed by atoms with van der Waals surface area (Å²) in [6.45, 7) is 3.59. The molecule has 1 heterocycles. The third-order valence-corrected chi connectivity index (χ3v) is 5.36. The van der Waals surface area contributed by atoms with Crippen molar-refractivity contribution in [3.63, 3.8) is 0 Å². The molecule has 0 fully saturated rings. The lowest BCUT2D eigenvalue weighted by Crippen LogP contribution is -2.31. The molecule has 0 spiro atoms. The number of carbonyl (C=O) groups excluding carboxylic acids is 1. The van der Waals surface area contributed by atoms with Gasteiger partial charge in [0.2, 0.25) is 0 Å². The zero-order chi connectivity index (χ0) is 21.0. The van der Waals surface area contributed by atoms with Gasteiger partial charge < -0.3 is 4.74 Å². The summed E-state index contributed by atoms with van der Waals surface area (Å²) >= 11 is 0. The molecule has 0 saturated carbocycles. The Kier molecular flexibility index (Phi) is 5.79. The summed E-state index contributed by atoms with van der Waals surface area (Å²) < 4.78 is 32.0. The first-order valence-corrected chi connectivity index (χ1v) is 10.3. The minimum Gasteiger partial charge on any atom is -0.449 e. The smallest absolute Gasteiger partial charge is 0.421 e. The topological polar surface area (TPSA) is 107 Å². The second kappa shape index (κ2) is 8.27. The number of nitrogens with zero attached hydrogens (tertiary/aromatic N) is 2. The van der Waals surface area contributed by atoms with Crippen molar-refractivity contribution in [3.05, 3.63) is 76.6 Å². The van der Waals surface area contributed by atoms with E-state index in [4.69, 9.17) is 0 Å². The first-order valence-electron chi connectivity index (χ1n) is 8.77. The Balaban J connectivity index is 1.92. The molecule has 150 valence electrons. The van der Waals surface area contributed by atoms with Crippen molar-refractivity contribution in [2.24, 2.45) is 0 Å². The molecule has 0 bridgehead atoms. The van der Waals surface area contributed by atoms with Gasteiger partial charge in [0.15, 0.2) is 0 Å². The Morgan fingerprint density at radius 2 is 1.69 bits per heavy atom. The Morgan fingerprint density at radius 1 is 1.03 bits per heavy atom. The quantitative estimate of drug-likeness (QED) is 0.689. The second-order valence-corrected chi connectivity index (χ2v) is 7.84. The number of rotatable bonds is 5. The molecule has 0 unspecified atom stereocenters. The van der Waals surface area contributed by atoms with Crippen LogP contribution in [0.25, 0.3) is 16.9 Å². The molecule has 0 atom stereocenters. The van der Waals surface area contributed by atoms with E-state index in [1.165, 1.54) is 35.0 Å². The highest BCUT2D eigenvalue weighted by molar-refractivity contribution is 7.90. The molecule has 2 aromatic carbocycles. The van der Waals surface area contributed by atoms with Crippen LogP contribution in [-0.2, 0) is 14.8 Å². The Hall–Kier alpha value is -3.46. The number of aryl methyl sites for hydroxylation is 1. The number of benzene rings is 2. The SMILES string of the molecule is CCOC(=O)NS(=O)(=O)c1ccc(-n2nc(-c3ccc(C)cc3)ccc2=O)cc1. The van der Waals surface area contributed by atoms with Crippen molar-refractivity contribution >= 4 is 16.1 Å². The molecule has 0 aliphatic heterocycles. The lowest BCUT2D eigenvalue weighted by molar-refractivity contribution is 0.158. The fraction of sp³-hybridized carbons (Fsp3) is 0.150. The van der Waals surface area contributed by atoms with Gasteiger partial charge in [-0.15, -0.1) is 0 Å². The average molecular weight is 413 g/mol. The third kappa shape index (κ3) is 4.69. The van der Waals surface area contributed by atoms with Gasteiger partial charge in [0.05, 0.1) is 22.9 Å². The number of sulfonamides is 1. The van der Waals surface area contributed by atoms with Crippen LogP contribution in [0.15, 0.2) is 70.4 Å². The molecule has 0 aliphatic carbocycles. The van der Waals surface area contributed by atoms with E-state index >= 15 is 0 Å². The summed E-state index contributed by atoms with van der Waals surface area (Å²) in [6, 6.07) is 16.2. The summed E-state index contributed by atoms with van der Waals surface area (Å²) in [7, 11) is -4.08. The number of hydrogen-bond donors (Lipinski definition) is 1. The minimum absolute atomic E-state index is 0.0478. The fourth-order valence-electron chi connectivity index (χ4n) is 2.57. The molecule has 0 saturated heterocycles. The Bertz CT molecular complexity index is 1180. The molecular formula is C20H19N3O5S. The van der Waals surface area contributed by atoms with Gasteiger partial charge in [0, 0.05) is 11.6 Å². The molecule has 29 heavy (non-hydrogen) atoms. The second-order valence-electron chi connectivity index (χ2n) is 6.15. The van der Waals surface area contributed by atoms with Crippen LogP contribution >= 0.6 is 0 Å². The van der Waals surface area contributed by atoms with Crippen LogP contribution in [0.2, 0.25) is 0 Å². The van der Waals surface area contributed by atoms with Gasteiger partial charge in [-0.05, 0) is 44.2 Å². The maximum Gasteiger partial charge on any atom is 0.421 e. The van der Waals surface area contributed by atoms with Crippen LogP contribution in [0.1, 0.15) is 12.5 Å². The lowest BCUT2D eigenvalue weighted by atomic mass is 10.1. The van der Waals surface area contributed by atoms with Crippen LogP contribution in [0.4, 0.5) is 4.79 Å². The predicted octanol–water partition coefficient (Wildman–Crippen LogP) is 2.64. The van der Waals surface area contributed by atoms with Gasteiger partial charge in [-0.25, -0.2) is 17.9 Å². The number of hydrogen-bond acceptors (Lipinski definition) is 6. The largest absolute Gasteiger partial charge is 0.449 e. The molecule has 8 nitrogen and oxygen atoms in total. The zero-order valence-corrected chi connectivity index (χ0v) is 16.6. The summed E-state index contributed by atoms with van der Waals surface area (Å²) in [4.78, 5) is 23.5. The van der Waals surface area contributed by atoms with Gasteiger partial charge in [-0.3, -0.25) is 4.79 Å². The van der Waals surface area contributed by atoms with Crippen molar-refractivity contribution in [1.82, 2.24) is 14.5 Å². The normalized spacial score (nSPS) is 11.1. The fourth-order valence-corrected chi connectivity index (χ4v) is 3.46. The van der Waals surface area contributed by atoms with Gasteiger partial charge in [-0.2, -0.15) is 9.78 Å². The minimum atomic E-state index is -4.08. The van der Waals surface area contributed by atoms with Gasteiger partial charge in [0.1, 0.15) is 0 Å². The standard InChI is InChI=1S/C20H19N3O5S/c1-3-28-20(25)22-29(26,27)17-10-8-16(9-11-17)23-19(24)13-12-18(21-23)15-6-4-14(2)5-7-15/h4-13H,3H2,1-2H3,(H,22,25). The molecule has 9 heteroatoms. The highest BCUT2D eigenvalue weighted by Crippen LogP contribution is 2.17. The van der Waals surface area contributed by atoms with E-state index in [1.54, 1.807) is 17.7 Å². The molecule has 1 amide bonds. The summed E-state index contributed by atoms with van der Waals surface area (Å²) in [6.07, 6.45) is -1.06. The van der Waals surface area contributed by atoms with Gasteiger partial charge >= 0.3 is 6.09 Å². The van der Waals surface area contributed by atoms with Crippen molar-refractivity contribution in [1.29, 1.82) is 0 Å². The van der Waals surface area contributed by atoms with Gasteiger partial charge in [0.25, 0.3) is 15.6 Å². The maximum absolute atomic E-state index is 12.3. The van der Waals surface area contributed by atoms with Crippen LogP contribution in [0.3, 0.4) is 0 Å². The molecule has 0 aliphatic rings.